The maximum Gasteiger partial charge on any atom is 0.350 e. The molecular formula is C7H10N2O7S. The first kappa shape index (κ1) is 13.5. The number of carbonyl (C=O) groups excluding carboxylic acids is 3. The fraction of sp³-hybridized carbons (Fsp3) is 0.571. The molecule has 0 aromatic carbocycles. The Morgan fingerprint density at radius 2 is 1.88 bits per heavy atom. The lowest BCUT2D eigenvalue weighted by atomic mass is 10.4. The molecule has 0 aliphatic carbocycles. The van der Waals surface area contributed by atoms with E-state index in [1.54, 1.807) is 0 Å². The van der Waals surface area contributed by atoms with Gasteiger partial charge in [0.25, 0.3) is 21.9 Å². The zero-order valence-corrected chi connectivity index (χ0v) is 9.34. The molecule has 0 aromatic heterocycles. The topological polar surface area (TPSA) is 144 Å². The van der Waals surface area contributed by atoms with Gasteiger partial charge in [0, 0.05) is 12.8 Å². The maximum absolute atomic E-state index is 11.2. The Morgan fingerprint density at radius 1 is 1.41 bits per heavy atom. The average Bonchev–Trinajstić information content (AvgIpc) is 2.46. The fourth-order valence-electron chi connectivity index (χ4n) is 1.11. The van der Waals surface area contributed by atoms with Crippen LogP contribution in [0.15, 0.2) is 0 Å². The lowest BCUT2D eigenvalue weighted by molar-refractivity contribution is -0.198. The van der Waals surface area contributed by atoms with E-state index < -0.39 is 39.7 Å². The summed E-state index contributed by atoms with van der Waals surface area (Å²) in [6, 6.07) is -1.67. The quantitative estimate of drug-likeness (QED) is 0.431. The van der Waals surface area contributed by atoms with E-state index in [2.05, 4.69) is 4.84 Å². The number of rotatable bonds is 4. The SMILES string of the molecule is NC(CS(=O)(=O)O)C(=O)ON1C(=O)CCC1=O. The molecule has 0 radical (unpaired) electrons. The highest BCUT2D eigenvalue weighted by Crippen LogP contribution is 2.12. The van der Waals surface area contributed by atoms with Gasteiger partial charge in [0.2, 0.25) is 0 Å². The summed E-state index contributed by atoms with van der Waals surface area (Å²) in [6.45, 7) is 0. The highest BCUT2D eigenvalue weighted by Gasteiger charge is 2.34. The van der Waals surface area contributed by atoms with Gasteiger partial charge in [-0.1, -0.05) is 0 Å². The lowest BCUT2D eigenvalue weighted by Crippen LogP contribution is -2.43. The molecule has 1 fully saturated rings. The summed E-state index contributed by atoms with van der Waals surface area (Å²) in [7, 11) is -4.44. The first-order valence-electron chi connectivity index (χ1n) is 4.49. The largest absolute Gasteiger partial charge is 0.350 e. The second kappa shape index (κ2) is 4.77. The summed E-state index contributed by atoms with van der Waals surface area (Å²) in [5.41, 5.74) is 5.11. The number of imide groups is 1. The molecule has 1 heterocycles. The molecule has 10 heteroatoms. The van der Waals surface area contributed by atoms with Gasteiger partial charge in [-0.05, 0) is 0 Å². The summed E-state index contributed by atoms with van der Waals surface area (Å²) in [5.74, 6) is -3.75. The van der Waals surface area contributed by atoms with Gasteiger partial charge in [-0.2, -0.15) is 8.42 Å². The van der Waals surface area contributed by atoms with Crippen LogP contribution in [-0.2, 0) is 29.3 Å². The molecule has 0 bridgehead atoms. The smallest absolute Gasteiger partial charge is 0.329 e. The van der Waals surface area contributed by atoms with E-state index in [4.69, 9.17) is 10.3 Å². The van der Waals surface area contributed by atoms with Gasteiger partial charge in [0.15, 0.2) is 0 Å². The van der Waals surface area contributed by atoms with Crippen molar-refractivity contribution in [1.29, 1.82) is 0 Å². The minimum absolute atomic E-state index is 0.0837. The molecule has 0 aromatic rings. The summed E-state index contributed by atoms with van der Waals surface area (Å²) in [4.78, 5) is 37.6. The third kappa shape index (κ3) is 3.76. The lowest BCUT2D eigenvalue weighted by Gasteiger charge is -2.15. The van der Waals surface area contributed by atoms with Gasteiger partial charge in [0.1, 0.15) is 11.8 Å². The van der Waals surface area contributed by atoms with Gasteiger partial charge in [-0.15, -0.1) is 5.06 Å². The molecule has 17 heavy (non-hydrogen) atoms. The number of hydrogen-bond donors (Lipinski definition) is 2. The van der Waals surface area contributed by atoms with Gasteiger partial charge >= 0.3 is 5.97 Å². The molecule has 0 saturated carbocycles. The number of hydroxylamine groups is 2. The van der Waals surface area contributed by atoms with Gasteiger partial charge < -0.3 is 10.6 Å². The second-order valence-corrected chi connectivity index (χ2v) is 4.84. The number of nitrogens with two attached hydrogens (primary N) is 1. The van der Waals surface area contributed by atoms with Crippen LogP contribution in [0.1, 0.15) is 12.8 Å². The van der Waals surface area contributed by atoms with Crippen LogP contribution < -0.4 is 5.73 Å². The number of amides is 2. The predicted octanol–water partition coefficient (Wildman–Crippen LogP) is -2.19. The van der Waals surface area contributed by atoms with Gasteiger partial charge in [-0.3, -0.25) is 14.1 Å². The summed E-state index contributed by atoms with van der Waals surface area (Å²) in [6.07, 6.45) is -0.167. The Hall–Kier alpha value is -1.52. The van der Waals surface area contributed by atoms with E-state index in [1.165, 1.54) is 0 Å². The molecule has 96 valence electrons. The van der Waals surface area contributed by atoms with Crippen molar-refractivity contribution in [3.05, 3.63) is 0 Å². The van der Waals surface area contributed by atoms with Gasteiger partial charge in [0.05, 0.1) is 0 Å². The Labute approximate surface area is 96.2 Å². The fourth-order valence-corrected chi connectivity index (χ4v) is 1.70. The minimum atomic E-state index is -4.44. The molecule has 1 unspecified atom stereocenters. The van der Waals surface area contributed by atoms with Crippen LogP contribution in [0.5, 0.6) is 0 Å². The number of carbonyl (C=O) groups is 3. The van der Waals surface area contributed by atoms with Crippen LogP contribution in [0.2, 0.25) is 0 Å². The van der Waals surface area contributed by atoms with E-state index in [0.29, 0.717) is 0 Å². The van der Waals surface area contributed by atoms with Crippen LogP contribution in [-0.4, -0.2) is 47.6 Å². The van der Waals surface area contributed by atoms with Crippen LogP contribution >= 0.6 is 0 Å². The van der Waals surface area contributed by atoms with Crippen molar-refractivity contribution in [3.8, 4) is 0 Å². The first-order valence-corrected chi connectivity index (χ1v) is 6.10. The van der Waals surface area contributed by atoms with E-state index >= 15 is 0 Å². The maximum atomic E-state index is 11.2. The van der Waals surface area contributed by atoms with E-state index in [1.807, 2.05) is 0 Å². The zero-order chi connectivity index (χ0) is 13.2. The van der Waals surface area contributed by atoms with Crippen LogP contribution in [0.25, 0.3) is 0 Å². The van der Waals surface area contributed by atoms with E-state index in [-0.39, 0.29) is 17.9 Å². The standard InChI is InChI=1S/C7H10N2O7S/c8-4(3-17(13,14)15)7(12)16-9-5(10)1-2-6(9)11/h4H,1-3,8H2,(H,13,14,15). The summed E-state index contributed by atoms with van der Waals surface area (Å²) < 4.78 is 29.3. The first-order chi connectivity index (χ1) is 7.70. The Morgan fingerprint density at radius 3 is 2.29 bits per heavy atom. The highest BCUT2D eigenvalue weighted by molar-refractivity contribution is 7.85. The molecule has 9 nitrogen and oxygen atoms in total. The average molecular weight is 266 g/mol. The Balaban J connectivity index is 2.60. The second-order valence-electron chi connectivity index (χ2n) is 3.35. The molecule has 3 N–H and O–H groups in total. The Kier molecular flexibility index (Phi) is 3.80. The molecular weight excluding hydrogens is 256 g/mol. The highest BCUT2D eigenvalue weighted by atomic mass is 32.2. The van der Waals surface area contributed by atoms with E-state index in [0.717, 1.165) is 0 Å². The molecule has 1 atom stereocenters. The molecule has 1 rings (SSSR count). The minimum Gasteiger partial charge on any atom is -0.329 e. The molecule has 2 amide bonds. The predicted molar refractivity (Wildman–Crippen MR) is 51.6 cm³/mol. The summed E-state index contributed by atoms with van der Waals surface area (Å²) >= 11 is 0. The van der Waals surface area contributed by atoms with Crippen molar-refractivity contribution in [2.75, 3.05) is 5.75 Å². The molecule has 0 spiro atoms. The van der Waals surface area contributed by atoms with E-state index in [9.17, 15) is 22.8 Å². The third-order valence-electron chi connectivity index (χ3n) is 1.88. The van der Waals surface area contributed by atoms with Crippen molar-refractivity contribution < 1.29 is 32.2 Å². The molecule has 1 aliphatic heterocycles. The summed E-state index contributed by atoms with van der Waals surface area (Å²) in [5, 5.41) is 0.242. The van der Waals surface area contributed by atoms with Crippen molar-refractivity contribution in [1.82, 2.24) is 5.06 Å². The third-order valence-corrected chi connectivity index (χ3v) is 2.66. The van der Waals surface area contributed by atoms with Crippen molar-refractivity contribution in [2.45, 2.75) is 18.9 Å². The van der Waals surface area contributed by atoms with Crippen LogP contribution in [0, 0.1) is 0 Å². The Bertz CT molecular complexity index is 441. The number of hydrogen-bond acceptors (Lipinski definition) is 7. The van der Waals surface area contributed by atoms with Crippen molar-refractivity contribution >= 4 is 27.9 Å². The van der Waals surface area contributed by atoms with Crippen LogP contribution in [0.4, 0.5) is 0 Å². The van der Waals surface area contributed by atoms with Crippen LogP contribution in [0.3, 0.4) is 0 Å². The van der Waals surface area contributed by atoms with Gasteiger partial charge in [-0.25, -0.2) is 4.79 Å². The zero-order valence-electron chi connectivity index (χ0n) is 8.53. The van der Waals surface area contributed by atoms with Crippen molar-refractivity contribution in [2.24, 2.45) is 5.73 Å². The monoisotopic (exact) mass is 266 g/mol. The number of nitrogens with zero attached hydrogens (tertiary/aromatic N) is 1. The molecule has 1 aliphatic rings. The molecule has 1 saturated heterocycles. The van der Waals surface area contributed by atoms with Crippen molar-refractivity contribution in [3.63, 3.8) is 0 Å². The normalized spacial score (nSPS) is 18.4.